The van der Waals surface area contributed by atoms with Crippen LogP contribution in [0.1, 0.15) is 59.0 Å². The van der Waals surface area contributed by atoms with Crippen LogP contribution in [0.5, 0.6) is 0 Å². The summed E-state index contributed by atoms with van der Waals surface area (Å²) in [6, 6.07) is 12.9. The highest BCUT2D eigenvalue weighted by Crippen LogP contribution is 2.41. The average molecular weight is 436 g/mol. The molecule has 2 fully saturated rings. The van der Waals surface area contributed by atoms with E-state index >= 15 is 0 Å². The van der Waals surface area contributed by atoms with Crippen molar-refractivity contribution in [2.24, 2.45) is 0 Å². The number of thioether (sulfide) groups is 1. The van der Waals surface area contributed by atoms with E-state index in [9.17, 15) is 4.79 Å². The van der Waals surface area contributed by atoms with E-state index in [1.54, 1.807) is 0 Å². The Morgan fingerprint density at radius 2 is 1.84 bits per heavy atom. The van der Waals surface area contributed by atoms with Crippen molar-refractivity contribution in [1.29, 1.82) is 0 Å². The Bertz CT molecular complexity index is 1080. The van der Waals surface area contributed by atoms with E-state index in [-0.39, 0.29) is 5.78 Å². The molecule has 7 heteroatoms. The second kappa shape index (κ2) is 8.54. The predicted octanol–water partition coefficient (Wildman–Crippen LogP) is 4.65. The lowest BCUT2D eigenvalue weighted by Gasteiger charge is -2.17. The van der Waals surface area contributed by atoms with Crippen LogP contribution in [-0.2, 0) is 6.54 Å². The zero-order chi connectivity index (χ0) is 21.4. The number of nitrogens with zero attached hydrogens (tertiary/aromatic N) is 5. The van der Waals surface area contributed by atoms with Gasteiger partial charge in [0, 0.05) is 42.6 Å². The van der Waals surface area contributed by atoms with Crippen LogP contribution in [-0.4, -0.2) is 44.0 Å². The van der Waals surface area contributed by atoms with E-state index < -0.39 is 0 Å². The Kier molecular flexibility index (Phi) is 5.61. The molecule has 0 atom stereocenters. The van der Waals surface area contributed by atoms with E-state index in [4.69, 9.17) is 0 Å². The summed E-state index contributed by atoms with van der Waals surface area (Å²) in [5, 5.41) is 9.85. The predicted molar refractivity (Wildman–Crippen MR) is 124 cm³/mol. The average Bonchev–Trinajstić information content (AvgIpc) is 3.19. The van der Waals surface area contributed by atoms with E-state index in [0.717, 1.165) is 47.7 Å². The van der Waals surface area contributed by atoms with Gasteiger partial charge in [0.1, 0.15) is 0 Å². The lowest BCUT2D eigenvalue weighted by atomic mass is 10.2. The highest BCUT2D eigenvalue weighted by molar-refractivity contribution is 7.99. The van der Waals surface area contributed by atoms with Gasteiger partial charge in [-0.25, -0.2) is 0 Å². The summed E-state index contributed by atoms with van der Waals surface area (Å²) in [7, 11) is 0. The van der Waals surface area contributed by atoms with Crippen LogP contribution in [0.25, 0.3) is 0 Å². The third kappa shape index (κ3) is 4.15. The van der Waals surface area contributed by atoms with Crippen LogP contribution in [0.15, 0.2) is 41.6 Å². The SMILES string of the molecule is Cc1cc(C(=O)CSc2nnc(N3CCCC3)n2C2CC2)c(C)n1Cc1ccccc1. The van der Waals surface area contributed by atoms with Crippen molar-refractivity contribution in [2.45, 2.75) is 57.3 Å². The van der Waals surface area contributed by atoms with Crippen LogP contribution in [0.3, 0.4) is 0 Å². The van der Waals surface area contributed by atoms with E-state index in [0.29, 0.717) is 11.8 Å². The Hall–Kier alpha value is -2.54. The molecule has 1 aliphatic heterocycles. The monoisotopic (exact) mass is 435 g/mol. The molecule has 1 saturated carbocycles. The van der Waals surface area contributed by atoms with Crippen LogP contribution in [0.4, 0.5) is 5.95 Å². The van der Waals surface area contributed by atoms with Crippen molar-refractivity contribution in [3.63, 3.8) is 0 Å². The van der Waals surface area contributed by atoms with Gasteiger partial charge >= 0.3 is 0 Å². The van der Waals surface area contributed by atoms with Gasteiger partial charge in [0.2, 0.25) is 5.95 Å². The molecule has 5 rings (SSSR count). The molecule has 31 heavy (non-hydrogen) atoms. The molecule has 1 aromatic carbocycles. The summed E-state index contributed by atoms with van der Waals surface area (Å²) in [5.41, 5.74) is 4.21. The fourth-order valence-electron chi connectivity index (χ4n) is 4.45. The fourth-order valence-corrected chi connectivity index (χ4v) is 5.34. The van der Waals surface area contributed by atoms with E-state index in [1.807, 2.05) is 19.1 Å². The second-order valence-electron chi connectivity index (χ2n) is 8.65. The zero-order valence-electron chi connectivity index (χ0n) is 18.3. The van der Waals surface area contributed by atoms with Crippen LogP contribution >= 0.6 is 11.8 Å². The summed E-state index contributed by atoms with van der Waals surface area (Å²) >= 11 is 1.53. The molecule has 2 aliphatic rings. The molecule has 0 N–H and O–H groups in total. The van der Waals surface area contributed by atoms with Gasteiger partial charge in [0.25, 0.3) is 0 Å². The first-order valence-electron chi connectivity index (χ1n) is 11.2. The molecule has 0 spiro atoms. The molecule has 162 valence electrons. The molecule has 0 amide bonds. The molecule has 3 aromatic rings. The highest BCUT2D eigenvalue weighted by atomic mass is 32.2. The fraction of sp³-hybridized carbons (Fsp3) is 0.458. The van der Waals surface area contributed by atoms with Crippen molar-refractivity contribution >= 4 is 23.5 Å². The first-order valence-corrected chi connectivity index (χ1v) is 12.2. The molecular weight excluding hydrogens is 406 g/mol. The number of carbonyl (C=O) groups excluding carboxylic acids is 1. The van der Waals surface area contributed by atoms with Crippen molar-refractivity contribution in [2.75, 3.05) is 23.7 Å². The number of hydrogen-bond donors (Lipinski definition) is 0. The summed E-state index contributed by atoms with van der Waals surface area (Å²) in [6.07, 6.45) is 4.80. The van der Waals surface area contributed by atoms with Crippen LogP contribution in [0.2, 0.25) is 0 Å². The maximum absolute atomic E-state index is 13.1. The molecule has 0 unspecified atom stereocenters. The van der Waals surface area contributed by atoms with Crippen molar-refractivity contribution in [1.82, 2.24) is 19.3 Å². The summed E-state index contributed by atoms with van der Waals surface area (Å²) in [5.74, 6) is 1.54. The van der Waals surface area contributed by atoms with Crippen LogP contribution in [0, 0.1) is 13.8 Å². The molecule has 3 heterocycles. The second-order valence-corrected chi connectivity index (χ2v) is 9.59. The van der Waals surface area contributed by atoms with Crippen molar-refractivity contribution in [3.05, 3.63) is 58.9 Å². The molecule has 0 radical (unpaired) electrons. The van der Waals surface area contributed by atoms with E-state index in [2.05, 4.69) is 55.4 Å². The molecule has 1 saturated heterocycles. The maximum atomic E-state index is 13.1. The standard InChI is InChI=1S/C24H29N5OS/c1-17-14-21(18(2)28(17)15-19-8-4-3-5-9-19)22(30)16-31-24-26-25-23(27-12-6-7-13-27)29(24)20-10-11-20/h3-5,8-9,14,20H,6-7,10-13,15-16H2,1-2H3. The summed E-state index contributed by atoms with van der Waals surface area (Å²) in [6.45, 7) is 7.02. The molecule has 2 aromatic heterocycles. The third-order valence-electron chi connectivity index (χ3n) is 6.34. The quantitative estimate of drug-likeness (QED) is 0.381. The van der Waals surface area contributed by atoms with Crippen LogP contribution < -0.4 is 4.90 Å². The van der Waals surface area contributed by atoms with Crippen molar-refractivity contribution < 1.29 is 4.79 Å². The number of anilines is 1. The number of hydrogen-bond acceptors (Lipinski definition) is 5. The topological polar surface area (TPSA) is 56.0 Å². The van der Waals surface area contributed by atoms with Gasteiger partial charge in [-0.15, -0.1) is 10.2 Å². The molecule has 0 bridgehead atoms. The number of rotatable bonds is 8. The number of Topliss-reactive ketones (excluding diaryl/α,β-unsaturated/α-hetero) is 1. The number of ketones is 1. The molecule has 1 aliphatic carbocycles. The van der Waals surface area contributed by atoms with Gasteiger partial charge in [-0.2, -0.15) is 0 Å². The third-order valence-corrected chi connectivity index (χ3v) is 7.28. The lowest BCUT2D eigenvalue weighted by molar-refractivity contribution is 0.102. The Morgan fingerprint density at radius 3 is 2.55 bits per heavy atom. The largest absolute Gasteiger partial charge is 0.344 e. The number of aryl methyl sites for hydroxylation is 1. The van der Waals surface area contributed by atoms with Gasteiger partial charge in [0.05, 0.1) is 5.75 Å². The van der Waals surface area contributed by atoms with Gasteiger partial charge in [-0.1, -0.05) is 42.1 Å². The number of benzene rings is 1. The summed E-state index contributed by atoms with van der Waals surface area (Å²) < 4.78 is 4.51. The van der Waals surface area contributed by atoms with Gasteiger partial charge in [0.15, 0.2) is 10.9 Å². The molecular formula is C24H29N5OS. The van der Waals surface area contributed by atoms with Gasteiger partial charge in [-0.05, 0) is 51.2 Å². The zero-order valence-corrected chi connectivity index (χ0v) is 19.1. The van der Waals surface area contributed by atoms with Gasteiger partial charge in [-0.3, -0.25) is 9.36 Å². The Labute approximate surface area is 187 Å². The van der Waals surface area contributed by atoms with Crippen molar-refractivity contribution in [3.8, 4) is 0 Å². The number of carbonyl (C=O) groups is 1. The minimum atomic E-state index is 0.158. The Morgan fingerprint density at radius 1 is 1.10 bits per heavy atom. The molecule has 6 nitrogen and oxygen atoms in total. The number of aromatic nitrogens is 4. The minimum Gasteiger partial charge on any atom is -0.344 e. The minimum absolute atomic E-state index is 0.158. The Balaban J connectivity index is 1.31. The smallest absolute Gasteiger partial charge is 0.228 e. The summed E-state index contributed by atoms with van der Waals surface area (Å²) in [4.78, 5) is 15.5. The first kappa shape index (κ1) is 20.4. The highest BCUT2D eigenvalue weighted by Gasteiger charge is 2.32. The first-order chi connectivity index (χ1) is 15.1. The van der Waals surface area contributed by atoms with E-state index in [1.165, 1.54) is 43.0 Å². The lowest BCUT2D eigenvalue weighted by Crippen LogP contribution is -2.22. The van der Waals surface area contributed by atoms with Gasteiger partial charge < -0.3 is 9.47 Å². The normalized spacial score (nSPS) is 16.3. The maximum Gasteiger partial charge on any atom is 0.228 e.